The molecule has 1 aromatic heterocycles. The summed E-state index contributed by atoms with van der Waals surface area (Å²) in [5.41, 5.74) is 1.71. The Morgan fingerprint density at radius 1 is 1.05 bits per heavy atom. The predicted octanol–water partition coefficient (Wildman–Crippen LogP) is 3.05. The molecule has 1 saturated heterocycles. The molecule has 2 aromatic carbocycles. The monoisotopic (exact) mass is 586 g/mol. The van der Waals surface area contributed by atoms with Gasteiger partial charge >= 0.3 is 0 Å². The lowest BCUT2D eigenvalue weighted by molar-refractivity contribution is -0.137. The summed E-state index contributed by atoms with van der Waals surface area (Å²) >= 11 is 0. The summed E-state index contributed by atoms with van der Waals surface area (Å²) in [6.45, 7) is 0.484. The molecule has 7 rings (SSSR count). The molecule has 4 aliphatic rings. The second kappa shape index (κ2) is 12.3. The fourth-order valence-corrected chi connectivity index (χ4v) is 5.55. The Hall–Kier alpha value is -4.64. The Morgan fingerprint density at radius 2 is 1.91 bits per heavy atom. The molecule has 2 fully saturated rings. The van der Waals surface area contributed by atoms with Gasteiger partial charge in [0.1, 0.15) is 11.5 Å². The summed E-state index contributed by atoms with van der Waals surface area (Å²) in [7, 11) is 1.57. The van der Waals surface area contributed by atoms with Gasteiger partial charge in [0.05, 0.1) is 32.4 Å². The molecule has 11 nitrogen and oxygen atoms in total. The molecule has 0 spiro atoms. The number of benzene rings is 2. The zero-order chi connectivity index (χ0) is 29.9. The van der Waals surface area contributed by atoms with Crippen LogP contribution in [0.4, 0.5) is 0 Å². The van der Waals surface area contributed by atoms with Gasteiger partial charge in [0.25, 0.3) is 5.91 Å². The molecule has 43 heavy (non-hydrogen) atoms. The number of hydrogen-bond acceptors (Lipinski definition) is 8. The molecule has 3 amide bonds. The minimum atomic E-state index is -0.539. The fraction of sp³-hybridized carbons (Fsp3) is 0.375. The zero-order valence-corrected chi connectivity index (χ0v) is 23.9. The number of hydrogen-bond donors (Lipinski definition) is 2. The van der Waals surface area contributed by atoms with Crippen LogP contribution in [0.1, 0.15) is 40.9 Å². The first-order valence-electron chi connectivity index (χ1n) is 14.5. The van der Waals surface area contributed by atoms with E-state index in [1.165, 1.54) is 17.2 Å². The molecule has 2 atom stereocenters. The predicted molar refractivity (Wildman–Crippen MR) is 155 cm³/mol. The summed E-state index contributed by atoms with van der Waals surface area (Å²) in [6, 6.07) is 15.6. The minimum Gasteiger partial charge on any atom is -0.505 e. The van der Waals surface area contributed by atoms with E-state index >= 15 is 0 Å². The number of nitrogens with one attached hydrogen (secondary N) is 1. The Balaban J connectivity index is 1.28. The van der Waals surface area contributed by atoms with Gasteiger partial charge in [0.15, 0.2) is 17.2 Å². The van der Waals surface area contributed by atoms with Crippen molar-refractivity contribution in [1.82, 2.24) is 20.1 Å². The van der Waals surface area contributed by atoms with Crippen molar-refractivity contribution in [3.63, 3.8) is 0 Å². The van der Waals surface area contributed by atoms with Crippen LogP contribution >= 0.6 is 0 Å². The van der Waals surface area contributed by atoms with E-state index in [1.807, 2.05) is 42.5 Å². The molecule has 0 unspecified atom stereocenters. The number of aryl methyl sites for hydroxylation is 1. The largest absolute Gasteiger partial charge is 0.505 e. The Kier molecular flexibility index (Phi) is 8.15. The molecule has 4 bridgehead atoms. The number of pyridine rings is 1. The van der Waals surface area contributed by atoms with E-state index in [2.05, 4.69) is 10.3 Å². The highest BCUT2D eigenvalue weighted by atomic mass is 16.5. The van der Waals surface area contributed by atoms with Crippen LogP contribution in [0, 0.1) is 0 Å². The quantitative estimate of drug-likeness (QED) is 0.479. The fourth-order valence-electron chi connectivity index (χ4n) is 5.55. The number of nitrogens with zero attached hydrogens (tertiary/aromatic N) is 3. The summed E-state index contributed by atoms with van der Waals surface area (Å²) in [5, 5.41) is 13.2. The highest BCUT2D eigenvalue weighted by Gasteiger charge is 2.40. The Morgan fingerprint density at radius 3 is 2.70 bits per heavy atom. The van der Waals surface area contributed by atoms with Crippen molar-refractivity contribution in [2.45, 2.75) is 50.5 Å². The zero-order valence-electron chi connectivity index (χ0n) is 23.9. The number of ether oxygens (including phenoxy) is 3. The van der Waals surface area contributed by atoms with Crippen molar-refractivity contribution in [3.05, 3.63) is 77.6 Å². The summed E-state index contributed by atoms with van der Waals surface area (Å²) in [4.78, 5) is 47.1. The van der Waals surface area contributed by atoms with E-state index in [0.717, 1.165) is 24.0 Å². The lowest BCUT2D eigenvalue weighted by Crippen LogP contribution is -2.49. The second-order valence-electron chi connectivity index (χ2n) is 11.1. The maximum atomic E-state index is 13.3. The average molecular weight is 587 g/mol. The molecule has 224 valence electrons. The Labute approximate surface area is 249 Å². The standard InChI is InChI=1S/C32H34N4O7/c1-41-27-15-20-7-11-26(27)43-23-5-2-4-21(14-23)19-42-28-17-35(32(40)31-25(37)6-3-13-33-31)16-24(28)34-29(38)18-36(22-9-10-22)30(39)12-8-20/h2-7,11,13-15,22,24,28,37H,8-10,12,16-19H2,1H3,(H,34,38)/t24-,28-/m0/s1. The third-order valence-corrected chi connectivity index (χ3v) is 7.96. The van der Waals surface area contributed by atoms with Crippen LogP contribution < -0.4 is 14.8 Å². The van der Waals surface area contributed by atoms with E-state index in [1.54, 1.807) is 18.1 Å². The maximum Gasteiger partial charge on any atom is 0.276 e. The molecule has 11 heteroatoms. The number of carbonyl (C=O) groups excluding carboxylic acids is 3. The number of aromatic nitrogens is 1. The van der Waals surface area contributed by atoms with Crippen LogP contribution in [0.5, 0.6) is 23.0 Å². The number of amides is 3. The van der Waals surface area contributed by atoms with E-state index in [0.29, 0.717) is 23.7 Å². The lowest BCUT2D eigenvalue weighted by atomic mass is 10.1. The average Bonchev–Trinajstić information content (AvgIpc) is 3.78. The van der Waals surface area contributed by atoms with Crippen molar-refractivity contribution >= 4 is 17.7 Å². The highest BCUT2D eigenvalue weighted by molar-refractivity contribution is 5.95. The molecule has 1 aliphatic carbocycles. The number of likely N-dealkylation sites (tertiary alicyclic amines) is 1. The van der Waals surface area contributed by atoms with Gasteiger partial charge in [-0.15, -0.1) is 0 Å². The first-order chi connectivity index (χ1) is 20.9. The van der Waals surface area contributed by atoms with Crippen LogP contribution in [0.15, 0.2) is 60.8 Å². The number of fused-ring (bicyclic) bond motifs is 9. The van der Waals surface area contributed by atoms with Crippen LogP contribution in [0.3, 0.4) is 0 Å². The van der Waals surface area contributed by atoms with Gasteiger partial charge in [-0.3, -0.25) is 14.4 Å². The molecule has 0 radical (unpaired) electrons. The van der Waals surface area contributed by atoms with Gasteiger partial charge in [-0.25, -0.2) is 4.98 Å². The van der Waals surface area contributed by atoms with Crippen LogP contribution in [0.25, 0.3) is 0 Å². The molecular weight excluding hydrogens is 552 g/mol. The van der Waals surface area contributed by atoms with Crippen molar-refractivity contribution in [2.75, 3.05) is 26.7 Å². The molecular formula is C32H34N4O7. The van der Waals surface area contributed by atoms with Crippen LogP contribution in [0.2, 0.25) is 0 Å². The van der Waals surface area contributed by atoms with Crippen LogP contribution in [-0.2, 0) is 27.4 Å². The molecule has 2 N–H and O–H groups in total. The van der Waals surface area contributed by atoms with E-state index in [9.17, 15) is 19.5 Å². The summed E-state index contributed by atoms with van der Waals surface area (Å²) < 4.78 is 18.0. The van der Waals surface area contributed by atoms with E-state index < -0.39 is 18.1 Å². The smallest absolute Gasteiger partial charge is 0.276 e. The SMILES string of the molecule is COc1cc2ccc1Oc1cccc(c1)CO[C@H]1CN(C(=O)c3ncccc3O)C[C@@H]1NC(=O)CN(C1CC1)C(=O)CC2. The maximum absolute atomic E-state index is 13.3. The van der Waals surface area contributed by atoms with E-state index in [4.69, 9.17) is 14.2 Å². The van der Waals surface area contributed by atoms with Gasteiger partial charge in [0.2, 0.25) is 11.8 Å². The molecule has 1 saturated carbocycles. The van der Waals surface area contributed by atoms with Crippen molar-refractivity contribution in [2.24, 2.45) is 0 Å². The lowest BCUT2D eigenvalue weighted by Gasteiger charge is -2.25. The third-order valence-electron chi connectivity index (χ3n) is 7.96. The van der Waals surface area contributed by atoms with Gasteiger partial charge < -0.3 is 34.4 Å². The minimum absolute atomic E-state index is 0.0461. The van der Waals surface area contributed by atoms with Crippen LogP contribution in [-0.4, -0.2) is 82.5 Å². The first kappa shape index (κ1) is 28.5. The van der Waals surface area contributed by atoms with Crippen molar-refractivity contribution in [1.29, 1.82) is 0 Å². The third kappa shape index (κ3) is 6.56. The van der Waals surface area contributed by atoms with E-state index in [-0.39, 0.29) is 62.0 Å². The highest BCUT2D eigenvalue weighted by Crippen LogP contribution is 2.34. The number of carbonyl (C=O) groups is 3. The van der Waals surface area contributed by atoms with Gasteiger partial charge in [-0.2, -0.15) is 0 Å². The van der Waals surface area contributed by atoms with Gasteiger partial charge in [-0.1, -0.05) is 18.2 Å². The van der Waals surface area contributed by atoms with Crippen molar-refractivity contribution in [3.8, 4) is 23.0 Å². The topological polar surface area (TPSA) is 131 Å². The Bertz CT molecular complexity index is 1530. The number of methoxy groups -OCH3 is 1. The van der Waals surface area contributed by atoms with Crippen molar-refractivity contribution < 1.29 is 33.7 Å². The number of rotatable bonds is 3. The first-order valence-corrected chi connectivity index (χ1v) is 14.5. The summed E-state index contributed by atoms with van der Waals surface area (Å²) in [5.74, 6) is 0.626. The van der Waals surface area contributed by atoms with Gasteiger partial charge in [0, 0.05) is 31.7 Å². The molecule has 3 aromatic rings. The normalized spacial score (nSPS) is 21.2. The molecule has 4 heterocycles. The number of aromatic hydroxyl groups is 1. The molecule has 3 aliphatic heterocycles. The van der Waals surface area contributed by atoms with Gasteiger partial charge in [-0.05, 0) is 66.8 Å². The second-order valence-corrected chi connectivity index (χ2v) is 11.1. The summed E-state index contributed by atoms with van der Waals surface area (Å²) in [6.07, 6.45) is 3.37.